The Kier molecular flexibility index (Phi) is 7.66. The van der Waals surface area contributed by atoms with E-state index in [2.05, 4.69) is 25.6 Å². The van der Waals surface area contributed by atoms with Crippen LogP contribution < -0.4 is 21.1 Å². The number of ether oxygens (including phenoxy) is 1. The van der Waals surface area contributed by atoms with Crippen LogP contribution in [0, 0.1) is 0 Å². The van der Waals surface area contributed by atoms with Gasteiger partial charge < -0.3 is 21.1 Å². The summed E-state index contributed by atoms with van der Waals surface area (Å²) in [6, 6.07) is 8.51. The van der Waals surface area contributed by atoms with Crippen LogP contribution in [0.25, 0.3) is 0 Å². The predicted molar refractivity (Wildman–Crippen MR) is 110 cm³/mol. The first-order valence-electron chi connectivity index (χ1n) is 8.36. The number of halogens is 4. The molecule has 0 aliphatic carbocycles. The minimum absolute atomic E-state index is 0. The minimum Gasteiger partial charge on any atom is -0.493 e. The Morgan fingerprint density at radius 3 is 2.86 bits per heavy atom. The molecular weight excluding hydrogens is 488 g/mol. The lowest BCUT2D eigenvalue weighted by Gasteiger charge is -2.26. The van der Waals surface area contributed by atoms with E-state index in [-0.39, 0.29) is 55.0 Å². The van der Waals surface area contributed by atoms with Crippen LogP contribution >= 0.6 is 24.0 Å². The molecule has 11 heteroatoms. The monoisotopic (exact) mass is 508 g/mol. The van der Waals surface area contributed by atoms with Crippen LogP contribution in [0.5, 0.6) is 5.75 Å². The number of nitrogens with two attached hydrogens (primary N) is 1. The van der Waals surface area contributed by atoms with Crippen molar-refractivity contribution in [3.63, 3.8) is 0 Å². The largest absolute Gasteiger partial charge is 0.493 e. The molecule has 0 saturated carbocycles. The molecule has 1 aliphatic heterocycles. The Hall–Kier alpha value is -2.31. The number of hydrogen-bond acceptors (Lipinski definition) is 5. The molecule has 7 nitrogen and oxygen atoms in total. The number of aromatic nitrogens is 2. The Labute approximate surface area is 177 Å². The van der Waals surface area contributed by atoms with Crippen molar-refractivity contribution in [2.45, 2.75) is 18.6 Å². The number of guanidine groups is 1. The molecule has 1 aromatic heterocycles. The Bertz CT molecular complexity index is 817. The van der Waals surface area contributed by atoms with E-state index in [0.29, 0.717) is 6.61 Å². The van der Waals surface area contributed by atoms with E-state index in [1.165, 1.54) is 0 Å². The molecule has 1 unspecified atom stereocenters. The molecule has 1 atom stereocenters. The maximum absolute atomic E-state index is 12.6. The first-order chi connectivity index (χ1) is 12.9. The van der Waals surface area contributed by atoms with E-state index in [1.54, 1.807) is 0 Å². The number of rotatable bonds is 5. The van der Waals surface area contributed by atoms with Crippen LogP contribution in [-0.4, -0.2) is 35.6 Å². The molecule has 0 bridgehead atoms. The number of para-hydroxylation sites is 1. The highest BCUT2D eigenvalue weighted by atomic mass is 127. The van der Waals surface area contributed by atoms with Gasteiger partial charge in [0.25, 0.3) is 0 Å². The van der Waals surface area contributed by atoms with Gasteiger partial charge in [0.2, 0.25) is 5.95 Å². The molecule has 1 aromatic carbocycles. The lowest BCUT2D eigenvalue weighted by molar-refractivity contribution is -0.141. The van der Waals surface area contributed by atoms with E-state index in [1.807, 2.05) is 24.3 Å². The van der Waals surface area contributed by atoms with Gasteiger partial charge in [-0.05, 0) is 12.1 Å². The second-order valence-electron chi connectivity index (χ2n) is 5.83. The first kappa shape index (κ1) is 22.0. The average molecular weight is 508 g/mol. The van der Waals surface area contributed by atoms with Crippen molar-refractivity contribution in [1.82, 2.24) is 15.3 Å². The SMILES string of the molecule is I.NC(=NCCNc1nccc(C(F)(F)F)n1)NC1CCOc2ccccc21. The number of nitrogens with zero attached hydrogens (tertiary/aromatic N) is 3. The van der Waals surface area contributed by atoms with Crippen molar-refractivity contribution in [2.75, 3.05) is 25.0 Å². The molecule has 4 N–H and O–H groups in total. The summed E-state index contributed by atoms with van der Waals surface area (Å²) in [4.78, 5) is 11.4. The zero-order chi connectivity index (χ0) is 19.3. The third-order valence-corrected chi connectivity index (χ3v) is 3.90. The maximum atomic E-state index is 12.6. The Morgan fingerprint density at radius 1 is 1.29 bits per heavy atom. The van der Waals surface area contributed by atoms with Gasteiger partial charge in [0.05, 0.1) is 19.2 Å². The van der Waals surface area contributed by atoms with Gasteiger partial charge in [-0.25, -0.2) is 9.97 Å². The number of fused-ring (bicyclic) bond motifs is 1. The average Bonchev–Trinajstić information content (AvgIpc) is 2.65. The van der Waals surface area contributed by atoms with Gasteiger partial charge in [-0.15, -0.1) is 24.0 Å². The van der Waals surface area contributed by atoms with E-state index in [9.17, 15) is 13.2 Å². The third-order valence-electron chi connectivity index (χ3n) is 3.90. The third kappa shape index (κ3) is 5.84. The van der Waals surface area contributed by atoms with Gasteiger partial charge >= 0.3 is 6.18 Å². The van der Waals surface area contributed by atoms with Crippen LogP contribution in [0.15, 0.2) is 41.5 Å². The highest BCUT2D eigenvalue weighted by Crippen LogP contribution is 2.31. The van der Waals surface area contributed by atoms with Crippen LogP contribution in [-0.2, 0) is 6.18 Å². The summed E-state index contributed by atoms with van der Waals surface area (Å²) in [6.45, 7) is 1.08. The number of hydrogen-bond donors (Lipinski definition) is 3. The summed E-state index contributed by atoms with van der Waals surface area (Å²) < 4.78 is 43.4. The summed E-state index contributed by atoms with van der Waals surface area (Å²) in [5.74, 6) is 0.964. The van der Waals surface area contributed by atoms with Gasteiger partial charge in [0, 0.05) is 24.7 Å². The molecule has 2 aromatic rings. The molecular formula is C17H20F3IN6O. The van der Waals surface area contributed by atoms with Crippen molar-refractivity contribution < 1.29 is 17.9 Å². The summed E-state index contributed by atoms with van der Waals surface area (Å²) in [7, 11) is 0. The smallest absolute Gasteiger partial charge is 0.433 e. The molecule has 0 radical (unpaired) electrons. The minimum atomic E-state index is -4.51. The second-order valence-corrected chi connectivity index (χ2v) is 5.83. The fourth-order valence-electron chi connectivity index (χ4n) is 2.66. The standard InChI is InChI=1S/C17H19F3N6O.HI/c18-17(19,20)14-5-7-23-16(26-14)24-9-8-22-15(21)25-12-6-10-27-13-4-2-1-3-11(12)13;/h1-5,7,12H,6,8-10H2,(H3,21,22,25)(H,23,24,26);1H. The number of alkyl halides is 3. The lowest BCUT2D eigenvalue weighted by atomic mass is 10.0. The van der Waals surface area contributed by atoms with Crippen molar-refractivity contribution in [3.05, 3.63) is 47.8 Å². The van der Waals surface area contributed by atoms with Crippen LogP contribution in [0.3, 0.4) is 0 Å². The van der Waals surface area contributed by atoms with Crippen LogP contribution in [0.4, 0.5) is 19.1 Å². The van der Waals surface area contributed by atoms with E-state index in [4.69, 9.17) is 10.5 Å². The number of nitrogens with one attached hydrogen (secondary N) is 2. The Balaban J connectivity index is 0.00000280. The fourth-order valence-corrected chi connectivity index (χ4v) is 2.66. The quantitative estimate of drug-likeness (QED) is 0.249. The molecule has 2 heterocycles. The molecule has 152 valence electrons. The number of anilines is 1. The van der Waals surface area contributed by atoms with E-state index >= 15 is 0 Å². The van der Waals surface area contributed by atoms with Crippen LogP contribution in [0.1, 0.15) is 23.7 Å². The molecule has 0 amide bonds. The zero-order valence-corrected chi connectivity index (χ0v) is 17.1. The van der Waals surface area contributed by atoms with Gasteiger partial charge in [0.1, 0.15) is 11.4 Å². The predicted octanol–water partition coefficient (Wildman–Crippen LogP) is 2.95. The zero-order valence-electron chi connectivity index (χ0n) is 14.7. The molecule has 0 saturated heterocycles. The van der Waals surface area contributed by atoms with Crippen molar-refractivity contribution in [3.8, 4) is 5.75 Å². The molecule has 0 spiro atoms. The Morgan fingerprint density at radius 2 is 2.07 bits per heavy atom. The maximum Gasteiger partial charge on any atom is 0.433 e. The van der Waals surface area contributed by atoms with Gasteiger partial charge in [0.15, 0.2) is 5.96 Å². The van der Waals surface area contributed by atoms with Gasteiger partial charge in [-0.3, -0.25) is 4.99 Å². The molecule has 28 heavy (non-hydrogen) atoms. The van der Waals surface area contributed by atoms with Gasteiger partial charge in [-0.2, -0.15) is 13.2 Å². The first-order valence-corrected chi connectivity index (χ1v) is 8.36. The normalized spacial score (nSPS) is 16.4. The van der Waals surface area contributed by atoms with Crippen molar-refractivity contribution >= 4 is 35.9 Å². The van der Waals surface area contributed by atoms with Crippen molar-refractivity contribution in [2.24, 2.45) is 10.7 Å². The molecule has 3 rings (SSSR count). The highest BCUT2D eigenvalue weighted by Gasteiger charge is 2.32. The fraction of sp³-hybridized carbons (Fsp3) is 0.353. The number of aliphatic imine (C=N–C) groups is 1. The number of benzene rings is 1. The molecule has 0 fully saturated rings. The summed E-state index contributed by atoms with van der Waals surface area (Å²) in [6.07, 6.45) is -2.70. The summed E-state index contributed by atoms with van der Waals surface area (Å²) >= 11 is 0. The van der Waals surface area contributed by atoms with Crippen LogP contribution in [0.2, 0.25) is 0 Å². The topological polar surface area (TPSA) is 97.5 Å². The lowest BCUT2D eigenvalue weighted by Crippen LogP contribution is -2.37. The van der Waals surface area contributed by atoms with E-state index < -0.39 is 11.9 Å². The van der Waals surface area contributed by atoms with Gasteiger partial charge in [-0.1, -0.05) is 18.2 Å². The van der Waals surface area contributed by atoms with E-state index in [0.717, 1.165) is 30.0 Å². The summed E-state index contributed by atoms with van der Waals surface area (Å²) in [5.41, 5.74) is 5.93. The highest BCUT2D eigenvalue weighted by molar-refractivity contribution is 14.0. The molecule has 1 aliphatic rings. The van der Waals surface area contributed by atoms with Crippen molar-refractivity contribution in [1.29, 1.82) is 0 Å². The summed E-state index contributed by atoms with van der Waals surface area (Å²) in [5, 5.41) is 5.84. The second kappa shape index (κ2) is 9.75.